The summed E-state index contributed by atoms with van der Waals surface area (Å²) >= 11 is 1.31. The fraction of sp³-hybridized carbons (Fsp3) is 0.429. The van der Waals surface area contributed by atoms with Gasteiger partial charge in [-0.3, -0.25) is 15.0 Å². The highest BCUT2D eigenvalue weighted by Gasteiger charge is 2.53. The van der Waals surface area contributed by atoms with Crippen molar-refractivity contribution in [1.82, 2.24) is 20.7 Å². The number of hydrazine groups is 1. The van der Waals surface area contributed by atoms with Gasteiger partial charge in [-0.15, -0.1) is 11.3 Å². The average molecular weight is 429 g/mol. The zero-order valence-electron chi connectivity index (χ0n) is 16.9. The Hall–Kier alpha value is -2.94. The Balaban J connectivity index is 1.44. The molecule has 4 rings (SSSR count). The smallest absolute Gasteiger partial charge is 0.344 e. The monoisotopic (exact) mass is 428 g/mol. The Labute approximate surface area is 178 Å². The fourth-order valence-corrected chi connectivity index (χ4v) is 4.65. The van der Waals surface area contributed by atoms with Gasteiger partial charge in [-0.1, -0.05) is 6.92 Å². The van der Waals surface area contributed by atoms with E-state index >= 15 is 0 Å². The summed E-state index contributed by atoms with van der Waals surface area (Å²) in [5.41, 5.74) is 2.54. The Bertz CT molecular complexity index is 964. The van der Waals surface area contributed by atoms with E-state index in [4.69, 9.17) is 4.74 Å². The van der Waals surface area contributed by atoms with E-state index in [-0.39, 0.29) is 5.69 Å². The SMILES string of the molecule is CCOc1ccc(-c2nc(C(=O)NN3C(=O)NC4(CCC(C)CC4)C3=O)cs2)cc1. The van der Waals surface area contributed by atoms with Crippen molar-refractivity contribution in [2.75, 3.05) is 6.61 Å². The highest BCUT2D eigenvalue weighted by Crippen LogP contribution is 2.36. The van der Waals surface area contributed by atoms with Gasteiger partial charge in [0.15, 0.2) is 0 Å². The lowest BCUT2D eigenvalue weighted by Gasteiger charge is -2.33. The Morgan fingerprint density at radius 1 is 1.30 bits per heavy atom. The lowest BCUT2D eigenvalue weighted by atomic mass is 9.77. The molecule has 0 bridgehead atoms. The largest absolute Gasteiger partial charge is 0.494 e. The van der Waals surface area contributed by atoms with Crippen molar-refractivity contribution in [3.63, 3.8) is 0 Å². The number of urea groups is 1. The van der Waals surface area contributed by atoms with Crippen molar-refractivity contribution >= 4 is 29.2 Å². The molecule has 30 heavy (non-hydrogen) atoms. The first kappa shape index (κ1) is 20.3. The van der Waals surface area contributed by atoms with Crippen LogP contribution in [-0.2, 0) is 4.79 Å². The van der Waals surface area contributed by atoms with E-state index < -0.39 is 23.4 Å². The fourth-order valence-electron chi connectivity index (χ4n) is 3.85. The highest BCUT2D eigenvalue weighted by molar-refractivity contribution is 7.13. The maximum atomic E-state index is 12.9. The molecule has 158 valence electrons. The van der Waals surface area contributed by atoms with Crippen molar-refractivity contribution < 1.29 is 19.1 Å². The molecule has 2 N–H and O–H groups in total. The van der Waals surface area contributed by atoms with Crippen LogP contribution in [0.3, 0.4) is 0 Å². The second-order valence-corrected chi connectivity index (χ2v) is 8.63. The zero-order valence-corrected chi connectivity index (χ0v) is 17.8. The van der Waals surface area contributed by atoms with Gasteiger partial charge in [-0.05, 0) is 62.8 Å². The maximum Gasteiger partial charge on any atom is 0.344 e. The molecule has 2 aromatic rings. The third-order valence-corrected chi connectivity index (χ3v) is 6.54. The molecule has 1 spiro atoms. The number of benzene rings is 1. The Morgan fingerprint density at radius 2 is 2.00 bits per heavy atom. The lowest BCUT2D eigenvalue weighted by Crippen LogP contribution is -2.51. The predicted molar refractivity (Wildman–Crippen MR) is 112 cm³/mol. The third kappa shape index (κ3) is 3.77. The topological polar surface area (TPSA) is 101 Å². The van der Waals surface area contributed by atoms with Crippen LogP contribution in [0.5, 0.6) is 5.75 Å². The van der Waals surface area contributed by atoms with Gasteiger partial charge in [0.05, 0.1) is 6.61 Å². The summed E-state index contributed by atoms with van der Waals surface area (Å²) in [7, 11) is 0. The quantitative estimate of drug-likeness (QED) is 0.712. The van der Waals surface area contributed by atoms with E-state index in [9.17, 15) is 14.4 Å². The average Bonchev–Trinajstić information content (AvgIpc) is 3.31. The second kappa shape index (κ2) is 8.06. The van der Waals surface area contributed by atoms with E-state index in [2.05, 4.69) is 22.7 Å². The summed E-state index contributed by atoms with van der Waals surface area (Å²) in [5, 5.41) is 5.86. The van der Waals surface area contributed by atoms with Crippen LogP contribution < -0.4 is 15.5 Å². The molecule has 1 saturated heterocycles. The zero-order chi connectivity index (χ0) is 21.3. The van der Waals surface area contributed by atoms with Crippen molar-refractivity contribution in [2.45, 2.75) is 45.1 Å². The van der Waals surface area contributed by atoms with Crippen molar-refractivity contribution in [3.05, 3.63) is 35.3 Å². The number of hydrogen-bond donors (Lipinski definition) is 2. The number of ether oxygens (including phenoxy) is 1. The van der Waals surface area contributed by atoms with Crippen LogP contribution in [0, 0.1) is 5.92 Å². The van der Waals surface area contributed by atoms with E-state index in [1.165, 1.54) is 11.3 Å². The molecule has 2 heterocycles. The van der Waals surface area contributed by atoms with E-state index in [0.717, 1.165) is 29.2 Å². The Kier molecular flexibility index (Phi) is 5.46. The number of amides is 4. The number of nitrogens with one attached hydrogen (secondary N) is 2. The normalized spacial score (nSPS) is 23.5. The minimum Gasteiger partial charge on any atom is -0.494 e. The van der Waals surface area contributed by atoms with Crippen LogP contribution in [0.2, 0.25) is 0 Å². The standard InChI is InChI=1S/C21H24N4O4S/c1-3-29-15-6-4-14(5-7-15)18-22-16(12-30-18)17(26)24-25-19(27)21(23-20(25)28)10-8-13(2)9-11-21/h4-7,12-13H,3,8-11H2,1-2H3,(H,23,28)(H,24,26). The minimum atomic E-state index is -0.896. The number of aromatic nitrogens is 1. The summed E-state index contributed by atoms with van der Waals surface area (Å²) in [5.74, 6) is 0.309. The van der Waals surface area contributed by atoms with Crippen molar-refractivity contribution in [2.24, 2.45) is 5.92 Å². The summed E-state index contributed by atoms with van der Waals surface area (Å²) < 4.78 is 5.43. The summed E-state index contributed by atoms with van der Waals surface area (Å²) in [4.78, 5) is 42.2. The first-order valence-corrected chi connectivity index (χ1v) is 11.0. The third-order valence-electron chi connectivity index (χ3n) is 5.65. The number of rotatable bonds is 5. The van der Waals surface area contributed by atoms with Gasteiger partial charge in [0.1, 0.15) is 22.0 Å². The number of hydrogen-bond acceptors (Lipinski definition) is 6. The molecule has 4 amide bonds. The second-order valence-electron chi connectivity index (χ2n) is 7.77. The minimum absolute atomic E-state index is 0.155. The van der Waals surface area contributed by atoms with Gasteiger partial charge in [-0.25, -0.2) is 9.78 Å². The molecule has 0 atom stereocenters. The van der Waals surface area contributed by atoms with Crippen molar-refractivity contribution in [1.29, 1.82) is 0 Å². The molecule has 2 fully saturated rings. The molecule has 1 aromatic carbocycles. The van der Waals surface area contributed by atoms with Gasteiger partial charge in [-0.2, -0.15) is 5.01 Å². The van der Waals surface area contributed by atoms with Crippen LogP contribution in [0.4, 0.5) is 4.79 Å². The number of thiazole rings is 1. The molecular weight excluding hydrogens is 404 g/mol. The number of imide groups is 1. The van der Waals surface area contributed by atoms with E-state index in [0.29, 0.717) is 30.4 Å². The molecule has 1 aromatic heterocycles. The molecule has 0 radical (unpaired) electrons. The summed E-state index contributed by atoms with van der Waals surface area (Å²) in [6.45, 7) is 4.64. The van der Waals surface area contributed by atoms with Gasteiger partial charge in [0.25, 0.3) is 11.8 Å². The van der Waals surface area contributed by atoms with Crippen LogP contribution in [0.1, 0.15) is 50.0 Å². The molecule has 1 aliphatic heterocycles. The highest BCUT2D eigenvalue weighted by atomic mass is 32.1. The predicted octanol–water partition coefficient (Wildman–Crippen LogP) is 3.35. The first-order chi connectivity index (χ1) is 14.4. The van der Waals surface area contributed by atoms with E-state index in [1.807, 2.05) is 31.2 Å². The van der Waals surface area contributed by atoms with Crippen LogP contribution in [0.15, 0.2) is 29.6 Å². The summed E-state index contributed by atoms with van der Waals surface area (Å²) in [6.07, 6.45) is 2.91. The maximum absolute atomic E-state index is 12.9. The molecule has 1 saturated carbocycles. The summed E-state index contributed by atoms with van der Waals surface area (Å²) in [6, 6.07) is 6.84. The van der Waals surface area contributed by atoms with E-state index in [1.54, 1.807) is 5.38 Å². The number of carbonyl (C=O) groups excluding carboxylic acids is 3. The number of carbonyl (C=O) groups is 3. The van der Waals surface area contributed by atoms with Crippen LogP contribution in [0.25, 0.3) is 10.6 Å². The van der Waals surface area contributed by atoms with Gasteiger partial charge < -0.3 is 10.1 Å². The molecule has 0 unspecified atom stereocenters. The Morgan fingerprint density at radius 3 is 2.67 bits per heavy atom. The molecular formula is C21H24N4O4S. The van der Waals surface area contributed by atoms with Crippen LogP contribution in [-0.4, -0.2) is 40.0 Å². The van der Waals surface area contributed by atoms with Crippen molar-refractivity contribution in [3.8, 4) is 16.3 Å². The molecule has 2 aliphatic rings. The van der Waals surface area contributed by atoms with Gasteiger partial charge >= 0.3 is 6.03 Å². The molecule has 8 nitrogen and oxygen atoms in total. The van der Waals surface area contributed by atoms with Gasteiger partial charge in [0.2, 0.25) is 0 Å². The number of nitrogens with zero attached hydrogens (tertiary/aromatic N) is 2. The molecule has 1 aliphatic carbocycles. The lowest BCUT2D eigenvalue weighted by molar-refractivity contribution is -0.134. The molecule has 9 heteroatoms. The van der Waals surface area contributed by atoms with Gasteiger partial charge in [0, 0.05) is 10.9 Å². The van der Waals surface area contributed by atoms with Crippen LogP contribution >= 0.6 is 11.3 Å². The first-order valence-electron chi connectivity index (χ1n) is 10.1.